The van der Waals surface area contributed by atoms with Crippen molar-refractivity contribution in [2.45, 2.75) is 20.3 Å². The van der Waals surface area contributed by atoms with Crippen LogP contribution in [0.5, 0.6) is 0 Å². The third-order valence-corrected chi connectivity index (χ3v) is 1.37. The van der Waals surface area contributed by atoms with Gasteiger partial charge in [0.2, 0.25) is 0 Å². The molecule has 0 aliphatic rings. The zero-order valence-corrected chi connectivity index (χ0v) is 7.92. The molecule has 0 bridgehead atoms. The van der Waals surface area contributed by atoms with E-state index < -0.39 is 0 Å². The number of aliphatic imine (C=N–C) groups is 1. The minimum absolute atomic E-state index is 0.127. The molecule has 0 aliphatic heterocycles. The van der Waals surface area contributed by atoms with Crippen molar-refractivity contribution in [2.24, 2.45) is 22.4 Å². The zero-order chi connectivity index (χ0) is 9.40. The highest BCUT2D eigenvalue weighted by molar-refractivity contribution is 5.75. The van der Waals surface area contributed by atoms with E-state index in [4.69, 9.17) is 16.2 Å². The van der Waals surface area contributed by atoms with Crippen molar-refractivity contribution >= 4 is 5.96 Å². The first-order chi connectivity index (χ1) is 5.63. The van der Waals surface area contributed by atoms with Crippen LogP contribution >= 0.6 is 0 Å². The molecule has 0 heterocycles. The molecule has 0 aliphatic carbocycles. The second-order valence-corrected chi connectivity index (χ2v) is 3.10. The molecule has 12 heavy (non-hydrogen) atoms. The van der Waals surface area contributed by atoms with Crippen LogP contribution in [0.3, 0.4) is 0 Å². The fourth-order valence-corrected chi connectivity index (χ4v) is 0.660. The molecule has 4 N–H and O–H groups in total. The van der Waals surface area contributed by atoms with E-state index in [0.29, 0.717) is 19.1 Å². The first kappa shape index (κ1) is 11.2. The average molecular weight is 173 g/mol. The second kappa shape index (κ2) is 6.91. The maximum absolute atomic E-state index is 5.28. The van der Waals surface area contributed by atoms with Crippen LogP contribution in [-0.4, -0.2) is 25.7 Å². The lowest BCUT2D eigenvalue weighted by Crippen LogP contribution is -2.23. The normalized spacial score (nSPS) is 10.2. The second-order valence-electron chi connectivity index (χ2n) is 3.10. The Kier molecular flexibility index (Phi) is 6.47. The largest absolute Gasteiger partial charge is 0.380 e. The first-order valence-electron chi connectivity index (χ1n) is 4.26. The zero-order valence-electron chi connectivity index (χ0n) is 7.92. The molecule has 0 aromatic heterocycles. The van der Waals surface area contributed by atoms with Crippen molar-refractivity contribution < 1.29 is 4.74 Å². The van der Waals surface area contributed by atoms with Gasteiger partial charge in [-0.1, -0.05) is 13.8 Å². The quantitative estimate of drug-likeness (QED) is 0.345. The van der Waals surface area contributed by atoms with Crippen LogP contribution in [0.2, 0.25) is 0 Å². The van der Waals surface area contributed by atoms with Crippen molar-refractivity contribution in [2.75, 3.05) is 19.8 Å². The number of hydrogen-bond donors (Lipinski definition) is 2. The predicted octanol–water partition coefficient (Wildman–Crippen LogP) is 0.323. The number of nitrogens with two attached hydrogens (primary N) is 2. The van der Waals surface area contributed by atoms with Crippen LogP contribution in [-0.2, 0) is 4.74 Å². The molecule has 0 saturated heterocycles. The molecule has 4 heteroatoms. The van der Waals surface area contributed by atoms with Gasteiger partial charge in [-0.3, -0.25) is 4.99 Å². The van der Waals surface area contributed by atoms with Gasteiger partial charge in [-0.05, 0) is 12.3 Å². The summed E-state index contributed by atoms with van der Waals surface area (Å²) in [6.07, 6.45) is 1.09. The van der Waals surface area contributed by atoms with Gasteiger partial charge in [0.25, 0.3) is 0 Å². The Morgan fingerprint density at radius 3 is 2.50 bits per heavy atom. The number of hydrogen-bond acceptors (Lipinski definition) is 2. The SMILES string of the molecule is CC(C)CCOCCN=C(N)N. The van der Waals surface area contributed by atoms with Gasteiger partial charge in [0.15, 0.2) is 5.96 Å². The van der Waals surface area contributed by atoms with Gasteiger partial charge < -0.3 is 16.2 Å². The lowest BCUT2D eigenvalue weighted by Gasteiger charge is -2.04. The Morgan fingerprint density at radius 1 is 1.33 bits per heavy atom. The van der Waals surface area contributed by atoms with Crippen molar-refractivity contribution in [3.63, 3.8) is 0 Å². The summed E-state index contributed by atoms with van der Waals surface area (Å²) in [6.45, 7) is 6.28. The molecule has 0 aromatic rings. The summed E-state index contributed by atoms with van der Waals surface area (Å²) in [4.78, 5) is 3.79. The maximum atomic E-state index is 5.28. The molecule has 0 spiro atoms. The molecular formula is C8H19N3O. The standard InChI is InChI=1S/C8H19N3O/c1-7(2)3-5-12-6-4-11-8(9)10/h7H,3-6H2,1-2H3,(H4,9,10,11). The Bertz CT molecular complexity index is 130. The van der Waals surface area contributed by atoms with Crippen LogP contribution in [0, 0.1) is 5.92 Å². The predicted molar refractivity (Wildman–Crippen MR) is 51.0 cm³/mol. The van der Waals surface area contributed by atoms with Gasteiger partial charge >= 0.3 is 0 Å². The van der Waals surface area contributed by atoms with Crippen LogP contribution in [0.1, 0.15) is 20.3 Å². The third kappa shape index (κ3) is 9.23. The Hall–Kier alpha value is -0.770. The number of guanidine groups is 1. The van der Waals surface area contributed by atoms with E-state index in [1.165, 1.54) is 0 Å². The molecule has 0 radical (unpaired) electrons. The van der Waals surface area contributed by atoms with E-state index in [1.54, 1.807) is 0 Å². The maximum Gasteiger partial charge on any atom is 0.185 e. The summed E-state index contributed by atoms with van der Waals surface area (Å²) in [5, 5.41) is 0. The van der Waals surface area contributed by atoms with Crippen LogP contribution in [0.15, 0.2) is 4.99 Å². The fourth-order valence-electron chi connectivity index (χ4n) is 0.660. The molecule has 0 rings (SSSR count). The van der Waals surface area contributed by atoms with E-state index in [1.807, 2.05) is 0 Å². The molecule has 0 fully saturated rings. The average Bonchev–Trinajstić information content (AvgIpc) is 1.95. The molecule has 72 valence electrons. The van der Waals surface area contributed by atoms with E-state index in [9.17, 15) is 0 Å². The molecule has 0 atom stereocenters. The van der Waals surface area contributed by atoms with Crippen LogP contribution in [0.25, 0.3) is 0 Å². The smallest absolute Gasteiger partial charge is 0.185 e. The van der Waals surface area contributed by atoms with Gasteiger partial charge in [-0.15, -0.1) is 0 Å². The molecule has 0 aromatic carbocycles. The molecule has 0 saturated carbocycles. The molecule has 0 unspecified atom stereocenters. The highest BCUT2D eigenvalue weighted by atomic mass is 16.5. The number of ether oxygens (including phenoxy) is 1. The van der Waals surface area contributed by atoms with Gasteiger partial charge in [-0.2, -0.15) is 0 Å². The lowest BCUT2D eigenvalue weighted by atomic mass is 10.1. The van der Waals surface area contributed by atoms with E-state index in [2.05, 4.69) is 18.8 Å². The van der Waals surface area contributed by atoms with Crippen LogP contribution < -0.4 is 11.5 Å². The number of nitrogens with zero attached hydrogens (tertiary/aromatic N) is 1. The van der Waals surface area contributed by atoms with Crippen molar-refractivity contribution in [3.05, 3.63) is 0 Å². The summed E-state index contributed by atoms with van der Waals surface area (Å²) in [5.41, 5.74) is 10.3. The van der Waals surface area contributed by atoms with Crippen molar-refractivity contribution in [3.8, 4) is 0 Å². The summed E-state index contributed by atoms with van der Waals surface area (Å²) >= 11 is 0. The van der Waals surface area contributed by atoms with Crippen LogP contribution in [0.4, 0.5) is 0 Å². The monoisotopic (exact) mass is 173 g/mol. The first-order valence-corrected chi connectivity index (χ1v) is 4.26. The van der Waals surface area contributed by atoms with Crippen molar-refractivity contribution in [1.82, 2.24) is 0 Å². The summed E-state index contributed by atoms with van der Waals surface area (Å²) < 4.78 is 5.28. The van der Waals surface area contributed by atoms with Gasteiger partial charge in [-0.25, -0.2) is 0 Å². The number of rotatable bonds is 6. The van der Waals surface area contributed by atoms with E-state index >= 15 is 0 Å². The third-order valence-electron chi connectivity index (χ3n) is 1.37. The summed E-state index contributed by atoms with van der Waals surface area (Å²) in [5.74, 6) is 0.815. The Labute approximate surface area is 74.0 Å². The van der Waals surface area contributed by atoms with Gasteiger partial charge in [0, 0.05) is 6.61 Å². The minimum atomic E-state index is 0.127. The summed E-state index contributed by atoms with van der Waals surface area (Å²) in [7, 11) is 0. The van der Waals surface area contributed by atoms with Crippen molar-refractivity contribution in [1.29, 1.82) is 0 Å². The van der Waals surface area contributed by atoms with E-state index in [-0.39, 0.29) is 5.96 Å². The Morgan fingerprint density at radius 2 is 2.00 bits per heavy atom. The molecular weight excluding hydrogens is 154 g/mol. The minimum Gasteiger partial charge on any atom is -0.380 e. The molecule has 0 amide bonds. The lowest BCUT2D eigenvalue weighted by molar-refractivity contribution is 0.131. The molecule has 4 nitrogen and oxygen atoms in total. The van der Waals surface area contributed by atoms with Gasteiger partial charge in [0.05, 0.1) is 13.2 Å². The van der Waals surface area contributed by atoms with E-state index in [0.717, 1.165) is 13.0 Å². The van der Waals surface area contributed by atoms with Gasteiger partial charge in [0.1, 0.15) is 0 Å². The highest BCUT2D eigenvalue weighted by Crippen LogP contribution is 1.98. The summed E-state index contributed by atoms with van der Waals surface area (Å²) in [6, 6.07) is 0. The fraction of sp³-hybridized carbons (Fsp3) is 0.875. The Balaban J connectivity index is 3.06. The topological polar surface area (TPSA) is 73.6 Å². The highest BCUT2D eigenvalue weighted by Gasteiger charge is 1.92.